The third-order valence-corrected chi connectivity index (χ3v) is 3.35. The number of carbonyl (C=O) groups excluding carboxylic acids is 1. The smallest absolute Gasteiger partial charge is 0.244 e. The van der Waals surface area contributed by atoms with Crippen molar-refractivity contribution in [2.75, 3.05) is 19.7 Å². The monoisotopic (exact) mass is 274 g/mol. The Morgan fingerprint density at radius 2 is 2.20 bits per heavy atom. The largest absolute Gasteiger partial charge is 0.394 e. The zero-order valence-electron chi connectivity index (χ0n) is 11.4. The van der Waals surface area contributed by atoms with Crippen LogP contribution in [-0.2, 0) is 9.53 Å². The molecule has 3 atom stereocenters. The van der Waals surface area contributed by atoms with Crippen LogP contribution in [0.1, 0.15) is 18.4 Å². The normalized spacial score (nSPS) is 23.9. The molecule has 5 heteroatoms. The minimum absolute atomic E-state index is 0.128. The first-order valence-corrected chi connectivity index (χ1v) is 6.65. The van der Waals surface area contributed by atoms with Gasteiger partial charge in [0.05, 0.1) is 24.9 Å². The average molecular weight is 274 g/mol. The van der Waals surface area contributed by atoms with Crippen LogP contribution < -0.4 is 0 Å². The van der Waals surface area contributed by atoms with E-state index < -0.39 is 5.92 Å². The van der Waals surface area contributed by atoms with Gasteiger partial charge in [-0.15, -0.1) is 0 Å². The number of hydrogen-bond donors (Lipinski definition) is 1. The molecule has 5 nitrogen and oxygen atoms in total. The summed E-state index contributed by atoms with van der Waals surface area (Å²) in [5.41, 5.74) is 0.694. The van der Waals surface area contributed by atoms with Crippen LogP contribution in [0.4, 0.5) is 0 Å². The number of morpholine rings is 1. The maximum atomic E-state index is 12.5. The third kappa shape index (κ3) is 3.16. The van der Waals surface area contributed by atoms with E-state index in [1.807, 2.05) is 25.1 Å². The van der Waals surface area contributed by atoms with Crippen LogP contribution in [0.3, 0.4) is 0 Å². The lowest BCUT2D eigenvalue weighted by molar-refractivity contribution is -0.147. The molecule has 1 aromatic rings. The van der Waals surface area contributed by atoms with Crippen LogP contribution in [0.15, 0.2) is 30.3 Å². The molecule has 1 aliphatic rings. The van der Waals surface area contributed by atoms with E-state index in [2.05, 4.69) is 6.07 Å². The maximum absolute atomic E-state index is 12.5. The lowest BCUT2D eigenvalue weighted by Crippen LogP contribution is -2.51. The highest BCUT2D eigenvalue weighted by atomic mass is 16.5. The van der Waals surface area contributed by atoms with Crippen molar-refractivity contribution in [2.24, 2.45) is 0 Å². The van der Waals surface area contributed by atoms with Gasteiger partial charge in [-0.2, -0.15) is 5.26 Å². The van der Waals surface area contributed by atoms with Gasteiger partial charge in [-0.25, -0.2) is 0 Å². The molecule has 0 aromatic heterocycles. The van der Waals surface area contributed by atoms with Gasteiger partial charge >= 0.3 is 0 Å². The number of benzene rings is 1. The van der Waals surface area contributed by atoms with Gasteiger partial charge in [0, 0.05) is 13.1 Å². The first-order valence-electron chi connectivity index (χ1n) is 6.65. The molecule has 0 aliphatic carbocycles. The Kier molecular flexibility index (Phi) is 4.72. The fraction of sp³-hybridized carbons (Fsp3) is 0.467. The molecule has 1 fully saturated rings. The second kappa shape index (κ2) is 6.51. The Balaban J connectivity index is 2.15. The van der Waals surface area contributed by atoms with Crippen molar-refractivity contribution in [3.8, 4) is 6.07 Å². The van der Waals surface area contributed by atoms with Gasteiger partial charge < -0.3 is 14.7 Å². The van der Waals surface area contributed by atoms with Crippen LogP contribution in [-0.4, -0.2) is 47.8 Å². The highest BCUT2D eigenvalue weighted by molar-refractivity contribution is 5.86. The minimum Gasteiger partial charge on any atom is -0.394 e. The van der Waals surface area contributed by atoms with Crippen LogP contribution in [0.2, 0.25) is 0 Å². The van der Waals surface area contributed by atoms with Crippen molar-refractivity contribution in [2.45, 2.75) is 25.0 Å². The molecule has 0 radical (unpaired) electrons. The second-order valence-electron chi connectivity index (χ2n) is 4.97. The number of aliphatic hydroxyl groups is 1. The molecule has 1 amide bonds. The first-order chi connectivity index (χ1) is 9.65. The molecule has 1 heterocycles. The van der Waals surface area contributed by atoms with Crippen molar-refractivity contribution in [1.29, 1.82) is 5.26 Å². The summed E-state index contributed by atoms with van der Waals surface area (Å²) in [6, 6.07) is 11.1. The predicted molar refractivity (Wildman–Crippen MR) is 72.8 cm³/mol. The summed E-state index contributed by atoms with van der Waals surface area (Å²) in [7, 11) is 0. The van der Waals surface area contributed by atoms with Crippen molar-refractivity contribution in [3.63, 3.8) is 0 Å². The van der Waals surface area contributed by atoms with Crippen molar-refractivity contribution >= 4 is 5.91 Å². The van der Waals surface area contributed by atoms with Crippen LogP contribution in [0.25, 0.3) is 0 Å². The van der Waals surface area contributed by atoms with E-state index in [-0.39, 0.29) is 24.7 Å². The SMILES string of the molecule is CC1CN(C(=O)C(C#N)c2ccccc2)CC(CO)O1. The number of amides is 1. The Hall–Kier alpha value is -1.90. The highest BCUT2D eigenvalue weighted by Gasteiger charge is 2.32. The van der Waals surface area contributed by atoms with Crippen LogP contribution in [0.5, 0.6) is 0 Å². The standard InChI is InChI=1S/C15H18N2O3/c1-11-8-17(9-13(10-18)20-11)15(19)14(7-16)12-5-3-2-4-6-12/h2-6,11,13-14,18H,8-10H2,1H3. The van der Waals surface area contributed by atoms with Crippen molar-refractivity contribution in [3.05, 3.63) is 35.9 Å². The summed E-state index contributed by atoms with van der Waals surface area (Å²) in [6.07, 6.45) is -0.516. The third-order valence-electron chi connectivity index (χ3n) is 3.35. The van der Waals surface area contributed by atoms with Gasteiger partial charge in [0.15, 0.2) is 0 Å². The molecular formula is C15H18N2O3. The van der Waals surface area contributed by atoms with E-state index in [0.29, 0.717) is 18.7 Å². The molecular weight excluding hydrogens is 256 g/mol. The zero-order chi connectivity index (χ0) is 14.5. The lowest BCUT2D eigenvalue weighted by atomic mass is 9.98. The number of carbonyl (C=O) groups is 1. The molecule has 0 bridgehead atoms. The van der Waals surface area contributed by atoms with Gasteiger partial charge in [0.1, 0.15) is 5.92 Å². The average Bonchev–Trinajstić information content (AvgIpc) is 2.48. The van der Waals surface area contributed by atoms with E-state index >= 15 is 0 Å². The Labute approximate surface area is 118 Å². The number of ether oxygens (including phenoxy) is 1. The summed E-state index contributed by atoms with van der Waals surface area (Å²) in [5, 5.41) is 18.5. The number of rotatable bonds is 3. The van der Waals surface area contributed by atoms with E-state index in [0.717, 1.165) is 0 Å². The molecule has 1 saturated heterocycles. The second-order valence-corrected chi connectivity index (χ2v) is 4.97. The molecule has 0 spiro atoms. The Bertz CT molecular complexity index is 498. The van der Waals surface area contributed by atoms with Gasteiger partial charge in [0.25, 0.3) is 0 Å². The minimum atomic E-state index is -0.805. The zero-order valence-corrected chi connectivity index (χ0v) is 11.4. The van der Waals surface area contributed by atoms with E-state index in [4.69, 9.17) is 4.74 Å². The van der Waals surface area contributed by atoms with E-state index in [1.165, 1.54) is 0 Å². The summed E-state index contributed by atoms with van der Waals surface area (Å²) in [5.74, 6) is -1.03. The van der Waals surface area contributed by atoms with E-state index in [9.17, 15) is 15.2 Å². The molecule has 106 valence electrons. The lowest BCUT2D eigenvalue weighted by Gasteiger charge is -2.36. The molecule has 20 heavy (non-hydrogen) atoms. The van der Waals surface area contributed by atoms with Crippen LogP contribution >= 0.6 is 0 Å². The summed E-state index contributed by atoms with van der Waals surface area (Å²) < 4.78 is 5.51. The topological polar surface area (TPSA) is 73.6 Å². The van der Waals surface area contributed by atoms with Gasteiger partial charge in [-0.05, 0) is 12.5 Å². The first kappa shape index (κ1) is 14.5. The van der Waals surface area contributed by atoms with Gasteiger partial charge in [-0.1, -0.05) is 30.3 Å². The molecule has 2 rings (SSSR count). The predicted octanol–water partition coefficient (Wildman–Crippen LogP) is 0.902. The Morgan fingerprint density at radius 1 is 1.50 bits per heavy atom. The van der Waals surface area contributed by atoms with Crippen LogP contribution in [0, 0.1) is 11.3 Å². The molecule has 1 aromatic carbocycles. The fourth-order valence-electron chi connectivity index (χ4n) is 2.43. The number of nitriles is 1. The maximum Gasteiger partial charge on any atom is 0.244 e. The Morgan fingerprint density at radius 3 is 2.80 bits per heavy atom. The summed E-state index contributed by atoms with van der Waals surface area (Å²) in [6.45, 7) is 2.49. The van der Waals surface area contributed by atoms with Crippen molar-refractivity contribution < 1.29 is 14.6 Å². The quantitative estimate of drug-likeness (QED) is 0.889. The number of aliphatic hydroxyl groups excluding tert-OH is 1. The van der Waals surface area contributed by atoms with Crippen molar-refractivity contribution in [1.82, 2.24) is 4.90 Å². The molecule has 3 unspecified atom stereocenters. The fourth-order valence-corrected chi connectivity index (χ4v) is 2.43. The highest BCUT2D eigenvalue weighted by Crippen LogP contribution is 2.20. The number of nitrogens with zero attached hydrogens (tertiary/aromatic N) is 2. The summed E-state index contributed by atoms with van der Waals surface area (Å²) >= 11 is 0. The molecule has 1 aliphatic heterocycles. The number of hydrogen-bond acceptors (Lipinski definition) is 4. The molecule has 0 saturated carbocycles. The van der Waals surface area contributed by atoms with Gasteiger partial charge in [-0.3, -0.25) is 4.79 Å². The van der Waals surface area contributed by atoms with E-state index in [1.54, 1.807) is 17.0 Å². The molecule has 1 N–H and O–H groups in total. The summed E-state index contributed by atoms with van der Waals surface area (Å²) in [4.78, 5) is 14.1. The van der Waals surface area contributed by atoms with Gasteiger partial charge in [0.2, 0.25) is 5.91 Å².